The Morgan fingerprint density at radius 3 is 2.71 bits per heavy atom. The molecule has 31 heavy (non-hydrogen) atoms. The van der Waals surface area contributed by atoms with Crippen LogP contribution in [-0.4, -0.2) is 43.4 Å². The fourth-order valence-corrected chi connectivity index (χ4v) is 4.06. The third kappa shape index (κ3) is 5.02. The summed E-state index contributed by atoms with van der Waals surface area (Å²) in [6.45, 7) is 11.5. The molecule has 0 bridgehead atoms. The number of aliphatic hydroxyl groups is 1. The van der Waals surface area contributed by atoms with Gasteiger partial charge in [0.1, 0.15) is 19.1 Å². The maximum atomic E-state index is 12.8. The van der Waals surface area contributed by atoms with E-state index in [1.807, 2.05) is 35.9 Å². The monoisotopic (exact) mass is 427 g/mol. The van der Waals surface area contributed by atoms with Crippen molar-refractivity contribution in [3.8, 4) is 0 Å². The highest BCUT2D eigenvalue weighted by atomic mass is 16.3. The van der Waals surface area contributed by atoms with Crippen LogP contribution in [0, 0.1) is 6.92 Å². The number of quaternary nitrogens is 1. The highest BCUT2D eigenvalue weighted by Crippen LogP contribution is 2.23. The van der Waals surface area contributed by atoms with Crippen molar-refractivity contribution in [2.24, 2.45) is 0 Å². The number of tetrazole rings is 1. The lowest BCUT2D eigenvalue weighted by atomic mass is 10.0. The lowest BCUT2D eigenvalue weighted by Gasteiger charge is -2.30. The summed E-state index contributed by atoms with van der Waals surface area (Å²) >= 11 is 0. The normalized spacial score (nSPS) is 14.1. The summed E-state index contributed by atoms with van der Waals surface area (Å²) in [5.74, 6) is 0.810. The van der Waals surface area contributed by atoms with Gasteiger partial charge >= 0.3 is 0 Å². The molecule has 0 aliphatic rings. The van der Waals surface area contributed by atoms with E-state index in [-0.39, 0.29) is 23.7 Å². The van der Waals surface area contributed by atoms with Crippen LogP contribution in [0.1, 0.15) is 70.0 Å². The van der Waals surface area contributed by atoms with Gasteiger partial charge in [0, 0.05) is 11.9 Å². The lowest BCUT2D eigenvalue weighted by molar-refractivity contribution is -0.946. The van der Waals surface area contributed by atoms with E-state index in [0.29, 0.717) is 18.7 Å². The number of aromatic nitrogens is 5. The van der Waals surface area contributed by atoms with Gasteiger partial charge in [0.25, 0.3) is 5.56 Å². The highest BCUT2D eigenvalue weighted by molar-refractivity contribution is 5.79. The summed E-state index contributed by atoms with van der Waals surface area (Å²) in [7, 11) is 0. The van der Waals surface area contributed by atoms with E-state index in [2.05, 4.69) is 48.2 Å². The third-order valence-electron chi connectivity index (χ3n) is 6.24. The van der Waals surface area contributed by atoms with E-state index in [9.17, 15) is 9.90 Å². The first-order chi connectivity index (χ1) is 14.8. The standard InChI is InChI=1S/C23H34N6O2/c1-6-8-20(21-25-26-27-29(21)23(4,5)7-2)28(11-12-30)15-18-14-17-10-9-16(3)13-19(17)24-22(18)31/h9-10,13-14,20,30H,6-8,11-12,15H2,1-5H3,(H,24,31)/p+1/t20-/m0/s1. The molecular formula is C23H35N6O2+. The lowest BCUT2D eigenvalue weighted by Crippen LogP contribution is -3.11. The molecule has 0 fully saturated rings. The maximum Gasteiger partial charge on any atom is 0.257 e. The second-order valence-corrected chi connectivity index (χ2v) is 8.98. The number of aromatic amines is 1. The van der Waals surface area contributed by atoms with Crippen molar-refractivity contribution >= 4 is 10.9 Å². The molecule has 3 N–H and O–H groups in total. The van der Waals surface area contributed by atoms with Gasteiger partial charge < -0.3 is 15.0 Å². The van der Waals surface area contributed by atoms with Crippen LogP contribution < -0.4 is 10.5 Å². The first-order valence-corrected chi connectivity index (χ1v) is 11.2. The fourth-order valence-electron chi connectivity index (χ4n) is 4.06. The minimum atomic E-state index is -0.215. The molecule has 0 aliphatic carbocycles. The van der Waals surface area contributed by atoms with E-state index in [0.717, 1.165) is 46.5 Å². The number of H-pyrrole nitrogens is 1. The van der Waals surface area contributed by atoms with Gasteiger partial charge in [-0.2, -0.15) is 0 Å². The molecule has 0 radical (unpaired) electrons. The first kappa shape index (κ1) is 23.1. The van der Waals surface area contributed by atoms with Gasteiger partial charge in [0.05, 0.1) is 17.7 Å². The van der Waals surface area contributed by atoms with Gasteiger partial charge in [0.2, 0.25) is 5.82 Å². The molecule has 8 nitrogen and oxygen atoms in total. The predicted octanol–water partition coefficient (Wildman–Crippen LogP) is 1.89. The van der Waals surface area contributed by atoms with Crippen molar-refractivity contribution in [2.75, 3.05) is 13.2 Å². The quantitative estimate of drug-likeness (QED) is 0.459. The summed E-state index contributed by atoms with van der Waals surface area (Å²) < 4.78 is 1.91. The predicted molar refractivity (Wildman–Crippen MR) is 121 cm³/mol. The maximum absolute atomic E-state index is 12.8. The average molecular weight is 428 g/mol. The molecule has 0 amide bonds. The van der Waals surface area contributed by atoms with Crippen LogP contribution in [0.3, 0.4) is 0 Å². The second kappa shape index (κ2) is 9.70. The van der Waals surface area contributed by atoms with Gasteiger partial charge in [0.15, 0.2) is 0 Å². The molecule has 2 heterocycles. The minimum Gasteiger partial charge on any atom is -0.391 e. The number of pyridine rings is 1. The number of benzene rings is 1. The van der Waals surface area contributed by atoms with Crippen molar-refractivity contribution in [1.82, 2.24) is 25.2 Å². The van der Waals surface area contributed by atoms with E-state index in [1.54, 1.807) is 0 Å². The Morgan fingerprint density at radius 2 is 2.03 bits per heavy atom. The van der Waals surface area contributed by atoms with Crippen molar-refractivity contribution < 1.29 is 10.0 Å². The molecule has 3 aromatic rings. The number of nitrogens with zero attached hydrogens (tertiary/aromatic N) is 4. The summed E-state index contributed by atoms with van der Waals surface area (Å²) in [5, 5.41) is 23.5. The van der Waals surface area contributed by atoms with Gasteiger partial charge in [-0.05, 0) is 60.7 Å². The van der Waals surface area contributed by atoms with Crippen molar-refractivity contribution in [3.05, 3.63) is 51.6 Å². The van der Waals surface area contributed by atoms with Gasteiger partial charge in [-0.3, -0.25) is 4.79 Å². The smallest absolute Gasteiger partial charge is 0.257 e. The van der Waals surface area contributed by atoms with Crippen LogP contribution >= 0.6 is 0 Å². The van der Waals surface area contributed by atoms with Crippen LogP contribution in [-0.2, 0) is 12.1 Å². The zero-order valence-electron chi connectivity index (χ0n) is 19.3. The molecular weight excluding hydrogens is 392 g/mol. The van der Waals surface area contributed by atoms with E-state index in [4.69, 9.17) is 0 Å². The molecule has 168 valence electrons. The Morgan fingerprint density at radius 1 is 1.26 bits per heavy atom. The van der Waals surface area contributed by atoms with E-state index >= 15 is 0 Å². The topological polar surface area (TPSA) is 101 Å². The molecule has 1 aromatic carbocycles. The Kier molecular flexibility index (Phi) is 7.23. The Labute approximate surface area is 183 Å². The van der Waals surface area contributed by atoms with Crippen LogP contribution in [0.15, 0.2) is 29.1 Å². The molecule has 0 aliphatic heterocycles. The molecule has 2 aromatic heterocycles. The number of rotatable bonds is 10. The number of aliphatic hydroxyl groups excluding tert-OH is 1. The Hall–Kier alpha value is -2.58. The largest absolute Gasteiger partial charge is 0.391 e. The fraction of sp³-hybridized carbons (Fsp3) is 0.565. The number of hydrogen-bond donors (Lipinski definition) is 3. The van der Waals surface area contributed by atoms with Crippen molar-refractivity contribution in [3.63, 3.8) is 0 Å². The second-order valence-electron chi connectivity index (χ2n) is 8.98. The van der Waals surface area contributed by atoms with Gasteiger partial charge in [-0.15, -0.1) is 5.10 Å². The minimum absolute atomic E-state index is 0.0221. The number of nitrogens with one attached hydrogen (secondary N) is 2. The Balaban J connectivity index is 2.01. The molecule has 8 heteroatoms. The number of hydrogen-bond acceptors (Lipinski definition) is 5. The van der Waals surface area contributed by atoms with Gasteiger partial charge in [-0.25, -0.2) is 4.68 Å². The highest BCUT2D eigenvalue weighted by Gasteiger charge is 2.33. The third-order valence-corrected chi connectivity index (χ3v) is 6.24. The summed E-state index contributed by atoms with van der Waals surface area (Å²) in [6.07, 6.45) is 2.70. The summed E-state index contributed by atoms with van der Waals surface area (Å²) in [5.41, 5.74) is 2.35. The average Bonchev–Trinajstić information content (AvgIpc) is 3.23. The summed E-state index contributed by atoms with van der Waals surface area (Å²) in [6, 6.07) is 8.01. The van der Waals surface area contributed by atoms with Crippen LogP contribution in [0.5, 0.6) is 0 Å². The first-order valence-electron chi connectivity index (χ1n) is 11.2. The van der Waals surface area contributed by atoms with Crippen LogP contribution in [0.2, 0.25) is 0 Å². The molecule has 2 atom stereocenters. The van der Waals surface area contributed by atoms with E-state index in [1.165, 1.54) is 0 Å². The number of aryl methyl sites for hydroxylation is 1. The van der Waals surface area contributed by atoms with E-state index < -0.39 is 0 Å². The number of fused-ring (bicyclic) bond motifs is 1. The SMILES string of the molecule is CCC[C@@H](c1nnnn1C(C)(C)CC)[NH+](CCO)Cc1cc2ccc(C)cc2[nH]c1=O. The zero-order valence-corrected chi connectivity index (χ0v) is 19.3. The molecule has 1 unspecified atom stereocenters. The molecule has 0 spiro atoms. The van der Waals surface area contributed by atoms with Crippen molar-refractivity contribution in [1.29, 1.82) is 0 Å². The Bertz CT molecular complexity index is 1070. The van der Waals surface area contributed by atoms with Gasteiger partial charge in [-0.1, -0.05) is 32.4 Å². The molecule has 0 saturated carbocycles. The van der Waals surface area contributed by atoms with Crippen LogP contribution in [0.4, 0.5) is 0 Å². The summed E-state index contributed by atoms with van der Waals surface area (Å²) in [4.78, 5) is 17.0. The molecule has 0 saturated heterocycles. The molecule has 3 rings (SSSR count). The van der Waals surface area contributed by atoms with Crippen molar-refractivity contribution in [2.45, 2.75) is 72.0 Å². The van der Waals surface area contributed by atoms with Crippen LogP contribution in [0.25, 0.3) is 10.9 Å². The zero-order chi connectivity index (χ0) is 22.6.